The molecule has 0 aliphatic heterocycles. The van der Waals surface area contributed by atoms with E-state index < -0.39 is 5.82 Å². The van der Waals surface area contributed by atoms with Gasteiger partial charge in [0.2, 0.25) is 0 Å². The first-order valence-electron chi connectivity index (χ1n) is 3.59. The molecule has 2 N–H and O–H groups in total. The molecule has 0 aliphatic rings. The lowest BCUT2D eigenvalue weighted by molar-refractivity contribution is 0.601. The fourth-order valence-corrected chi connectivity index (χ4v) is 2.04. The van der Waals surface area contributed by atoms with E-state index in [0.29, 0.717) is 23.0 Å². The first-order valence-corrected chi connectivity index (χ1v) is 5.54. The first kappa shape index (κ1) is 11.1. The summed E-state index contributed by atoms with van der Waals surface area (Å²) < 4.78 is 13.2. The summed E-state index contributed by atoms with van der Waals surface area (Å²) in [6.45, 7) is 0. The highest BCUT2D eigenvalue weighted by Gasteiger charge is 2.12. The summed E-state index contributed by atoms with van der Waals surface area (Å²) in [7, 11) is 0. The minimum absolute atomic E-state index is 0.0736. The van der Waals surface area contributed by atoms with Crippen molar-refractivity contribution in [3.63, 3.8) is 0 Å². The molecule has 5 heteroatoms. The van der Waals surface area contributed by atoms with Crippen molar-refractivity contribution in [1.29, 1.82) is 0 Å². The largest absolute Gasteiger partial charge is 0.398 e. The molecule has 0 aliphatic carbocycles. The van der Waals surface area contributed by atoms with Gasteiger partial charge in [0.25, 0.3) is 0 Å². The van der Waals surface area contributed by atoms with Crippen LogP contribution >= 0.6 is 40.2 Å². The number of rotatable bonds is 2. The van der Waals surface area contributed by atoms with E-state index >= 15 is 0 Å². The number of nitrogen functional groups attached to an aromatic ring is 1. The lowest BCUT2D eigenvalue weighted by Gasteiger charge is -2.08. The van der Waals surface area contributed by atoms with Gasteiger partial charge in [0.15, 0.2) is 5.82 Å². The molecule has 0 radical (unpaired) electrons. The van der Waals surface area contributed by atoms with Gasteiger partial charge in [-0.1, -0.05) is 27.5 Å². The Bertz CT molecular complexity index is 332. The molecule has 0 spiro atoms. The summed E-state index contributed by atoms with van der Waals surface area (Å²) in [5, 5.41) is 0.770. The highest BCUT2D eigenvalue weighted by molar-refractivity contribution is 9.09. The Hall–Kier alpha value is 0.0700. The average molecular weight is 285 g/mol. The average Bonchev–Trinajstić information content (AvgIpc) is 2.09. The molecule has 0 fully saturated rings. The van der Waals surface area contributed by atoms with Crippen LogP contribution in [0.25, 0.3) is 0 Å². The van der Waals surface area contributed by atoms with Gasteiger partial charge in [-0.3, -0.25) is 0 Å². The van der Waals surface area contributed by atoms with Crippen LogP contribution in [-0.4, -0.2) is 5.33 Å². The predicted octanol–water partition coefficient (Wildman–Crippen LogP) is 3.29. The number of thiol groups is 1. The van der Waals surface area contributed by atoms with Gasteiger partial charge in [0.05, 0.1) is 5.02 Å². The van der Waals surface area contributed by atoms with Crippen molar-refractivity contribution < 1.29 is 4.39 Å². The van der Waals surface area contributed by atoms with Crippen molar-refractivity contribution in [3.8, 4) is 0 Å². The fraction of sp³-hybridized carbons (Fsp3) is 0.250. The summed E-state index contributed by atoms with van der Waals surface area (Å²) in [5.41, 5.74) is 6.77. The number of anilines is 1. The molecule has 0 saturated carbocycles. The van der Waals surface area contributed by atoms with Gasteiger partial charge in [-0.25, -0.2) is 4.39 Å². The van der Waals surface area contributed by atoms with Crippen LogP contribution in [0.5, 0.6) is 0 Å². The molecule has 1 aromatic carbocycles. The standard InChI is InChI=1S/C8H8BrClFNS/c9-2-1-4-5(12)3-6(13)8(11)7(4)10/h3,13H,1-2,12H2. The van der Waals surface area contributed by atoms with Crippen LogP contribution in [-0.2, 0) is 6.42 Å². The van der Waals surface area contributed by atoms with Gasteiger partial charge in [-0.05, 0) is 18.1 Å². The van der Waals surface area contributed by atoms with Crippen molar-refractivity contribution in [2.75, 3.05) is 11.1 Å². The third kappa shape index (κ3) is 2.30. The normalized spacial score (nSPS) is 10.5. The zero-order valence-corrected chi connectivity index (χ0v) is 9.89. The Kier molecular flexibility index (Phi) is 3.88. The smallest absolute Gasteiger partial charge is 0.155 e. The molecular formula is C8H8BrClFNS. The quantitative estimate of drug-likeness (QED) is 0.486. The van der Waals surface area contributed by atoms with Crippen molar-refractivity contribution >= 4 is 45.8 Å². The molecule has 1 rings (SSSR count). The zero-order chi connectivity index (χ0) is 10.0. The first-order chi connectivity index (χ1) is 6.07. The van der Waals surface area contributed by atoms with Crippen LogP contribution in [0.4, 0.5) is 10.1 Å². The van der Waals surface area contributed by atoms with Gasteiger partial charge in [-0.2, -0.15) is 0 Å². The summed E-state index contributed by atoms with van der Waals surface area (Å²) >= 11 is 12.9. The third-order valence-corrected chi connectivity index (χ3v) is 2.78. The van der Waals surface area contributed by atoms with E-state index in [4.69, 9.17) is 17.3 Å². The molecule has 0 heterocycles. The second-order valence-corrected chi connectivity index (χ2v) is 4.18. The third-order valence-electron chi connectivity index (χ3n) is 1.67. The van der Waals surface area contributed by atoms with Gasteiger partial charge >= 0.3 is 0 Å². The molecule has 0 bridgehead atoms. The van der Waals surface area contributed by atoms with E-state index in [0.717, 1.165) is 0 Å². The van der Waals surface area contributed by atoms with Crippen LogP contribution in [0, 0.1) is 5.82 Å². The fourth-order valence-electron chi connectivity index (χ4n) is 1.02. The minimum atomic E-state index is -0.504. The second kappa shape index (κ2) is 4.53. The van der Waals surface area contributed by atoms with Crippen LogP contribution in [0.3, 0.4) is 0 Å². The van der Waals surface area contributed by atoms with Gasteiger partial charge < -0.3 is 5.73 Å². The minimum Gasteiger partial charge on any atom is -0.398 e. The van der Waals surface area contributed by atoms with Crippen molar-refractivity contribution in [3.05, 3.63) is 22.5 Å². The summed E-state index contributed by atoms with van der Waals surface area (Å²) in [6, 6.07) is 1.47. The Morgan fingerprint density at radius 3 is 2.77 bits per heavy atom. The number of nitrogens with two attached hydrogens (primary N) is 1. The maximum absolute atomic E-state index is 13.2. The summed E-state index contributed by atoms with van der Waals surface area (Å²) in [6.07, 6.45) is 0.607. The van der Waals surface area contributed by atoms with Crippen LogP contribution in [0.2, 0.25) is 5.02 Å². The van der Waals surface area contributed by atoms with E-state index in [1.165, 1.54) is 6.07 Å². The number of alkyl halides is 1. The second-order valence-electron chi connectivity index (χ2n) is 2.53. The zero-order valence-electron chi connectivity index (χ0n) is 6.65. The Morgan fingerprint density at radius 2 is 2.23 bits per heavy atom. The lowest BCUT2D eigenvalue weighted by Crippen LogP contribution is -1.99. The molecule has 0 atom stereocenters. The topological polar surface area (TPSA) is 26.0 Å². The van der Waals surface area contributed by atoms with Gasteiger partial charge in [-0.15, -0.1) is 12.6 Å². The maximum Gasteiger partial charge on any atom is 0.155 e. The number of halogens is 3. The van der Waals surface area contributed by atoms with Crippen molar-refractivity contribution in [1.82, 2.24) is 0 Å². The summed E-state index contributed by atoms with van der Waals surface area (Å²) in [5.74, 6) is -0.504. The Morgan fingerprint density at radius 1 is 1.62 bits per heavy atom. The Balaban J connectivity index is 3.26. The van der Waals surface area contributed by atoms with E-state index in [1.807, 2.05) is 0 Å². The number of hydrogen-bond acceptors (Lipinski definition) is 2. The molecule has 1 aromatic rings. The van der Waals surface area contributed by atoms with Gasteiger partial charge in [0.1, 0.15) is 0 Å². The number of benzene rings is 1. The maximum atomic E-state index is 13.2. The highest BCUT2D eigenvalue weighted by Crippen LogP contribution is 2.30. The van der Waals surface area contributed by atoms with E-state index in [2.05, 4.69) is 28.6 Å². The van der Waals surface area contributed by atoms with E-state index in [-0.39, 0.29) is 9.92 Å². The summed E-state index contributed by atoms with van der Waals surface area (Å²) in [4.78, 5) is 0.181. The predicted molar refractivity (Wildman–Crippen MR) is 60.6 cm³/mol. The van der Waals surface area contributed by atoms with E-state index in [1.54, 1.807) is 0 Å². The molecule has 1 nitrogen and oxygen atoms in total. The molecule has 0 amide bonds. The van der Waals surface area contributed by atoms with Crippen LogP contribution in [0.15, 0.2) is 11.0 Å². The monoisotopic (exact) mass is 283 g/mol. The molecule has 0 unspecified atom stereocenters. The molecule has 72 valence electrons. The van der Waals surface area contributed by atoms with E-state index in [9.17, 15) is 4.39 Å². The SMILES string of the molecule is Nc1cc(S)c(F)c(Cl)c1CCBr. The molecular weight excluding hydrogens is 277 g/mol. The lowest BCUT2D eigenvalue weighted by atomic mass is 10.1. The number of hydrogen-bond donors (Lipinski definition) is 2. The van der Waals surface area contributed by atoms with Crippen molar-refractivity contribution in [2.24, 2.45) is 0 Å². The molecule has 0 saturated heterocycles. The van der Waals surface area contributed by atoms with Crippen LogP contribution in [0.1, 0.15) is 5.56 Å². The van der Waals surface area contributed by atoms with Crippen LogP contribution < -0.4 is 5.73 Å². The van der Waals surface area contributed by atoms with Crippen molar-refractivity contribution in [2.45, 2.75) is 11.3 Å². The highest BCUT2D eigenvalue weighted by atomic mass is 79.9. The molecule has 13 heavy (non-hydrogen) atoms. The molecule has 0 aromatic heterocycles. The Labute approximate surface area is 95.0 Å². The van der Waals surface area contributed by atoms with Gasteiger partial charge in [0, 0.05) is 15.9 Å².